The van der Waals surface area contributed by atoms with Gasteiger partial charge in [-0.2, -0.15) is 0 Å². The van der Waals surface area contributed by atoms with Crippen LogP contribution >= 0.6 is 7.26 Å². The van der Waals surface area contributed by atoms with E-state index in [1.54, 1.807) is 0 Å². The van der Waals surface area contributed by atoms with E-state index < -0.39 is 18.9 Å². The monoisotopic (exact) mass is 442 g/mol. The van der Waals surface area contributed by atoms with E-state index in [-0.39, 0.29) is 17.0 Å². The first-order valence-electron chi connectivity index (χ1n) is 8.99. The molecule has 27 heavy (non-hydrogen) atoms. The maximum Gasteiger partial charge on any atom is 0.345 e. The van der Waals surface area contributed by atoms with Gasteiger partial charge in [0.15, 0.2) is 5.66 Å². The molecule has 0 aromatic heterocycles. The molecule has 0 spiro atoms. The highest BCUT2D eigenvalue weighted by Crippen LogP contribution is 2.61. The van der Waals surface area contributed by atoms with Crippen LogP contribution in [-0.4, -0.2) is 16.7 Å². The lowest BCUT2D eigenvalue weighted by atomic mass is 10.2. The fraction of sp³-hybridized carbons (Fsp3) is 0.174. The molecular weight excluding hydrogens is 419 g/mol. The van der Waals surface area contributed by atoms with Crippen molar-refractivity contribution in [1.29, 1.82) is 0 Å². The smallest absolute Gasteiger partial charge is 0.345 e. The van der Waals surface area contributed by atoms with Gasteiger partial charge in [0.2, 0.25) is 0 Å². The normalized spacial score (nSPS) is 12.0. The highest BCUT2D eigenvalue weighted by atomic mass is 79.9. The molecule has 0 heterocycles. The summed E-state index contributed by atoms with van der Waals surface area (Å²) in [5, 5.41) is 13.6. The molecule has 0 amide bonds. The van der Waals surface area contributed by atoms with E-state index in [1.807, 2.05) is 54.6 Å². The molecule has 0 saturated carbocycles. The molecule has 4 heteroatoms. The zero-order valence-corrected chi connectivity index (χ0v) is 17.8. The summed E-state index contributed by atoms with van der Waals surface area (Å²) >= 11 is 0. The Kier molecular flexibility index (Phi) is 7.77. The number of halogens is 1. The molecule has 1 atom stereocenters. The van der Waals surface area contributed by atoms with Crippen molar-refractivity contribution >= 4 is 29.1 Å². The fourth-order valence-corrected chi connectivity index (χ4v) is 8.61. The Hall–Kier alpha value is -1.96. The molecule has 3 rings (SSSR count). The molecule has 1 unspecified atom stereocenters. The van der Waals surface area contributed by atoms with Gasteiger partial charge in [0.25, 0.3) is 0 Å². The van der Waals surface area contributed by atoms with E-state index in [4.69, 9.17) is 0 Å². The third-order valence-electron chi connectivity index (χ3n) is 4.81. The molecule has 2 nitrogen and oxygen atoms in total. The lowest BCUT2D eigenvalue weighted by Crippen LogP contribution is -3.00. The second-order valence-corrected chi connectivity index (χ2v) is 9.99. The summed E-state index contributed by atoms with van der Waals surface area (Å²) in [7, 11) is -2.34. The summed E-state index contributed by atoms with van der Waals surface area (Å²) in [4.78, 5) is 12.5. The molecule has 0 aliphatic carbocycles. The number of aliphatic carboxylic acids is 1. The minimum Gasteiger partial charge on any atom is -1.00 e. The molecule has 0 fully saturated rings. The Morgan fingerprint density at radius 3 is 1.37 bits per heavy atom. The van der Waals surface area contributed by atoms with Gasteiger partial charge in [0, 0.05) is 0 Å². The molecule has 140 valence electrons. The van der Waals surface area contributed by atoms with Gasteiger partial charge < -0.3 is 22.1 Å². The number of carboxylic acids is 1. The predicted molar refractivity (Wildman–Crippen MR) is 111 cm³/mol. The van der Waals surface area contributed by atoms with Crippen molar-refractivity contribution in [2.24, 2.45) is 0 Å². The minimum absolute atomic E-state index is 0. The molecular formula is C23H24BrO2P. The number of hydrogen-bond donors (Lipinski definition) is 1. The fourth-order valence-electron chi connectivity index (χ4n) is 3.73. The summed E-state index contributed by atoms with van der Waals surface area (Å²) < 4.78 is 0. The van der Waals surface area contributed by atoms with Crippen LogP contribution in [0.15, 0.2) is 91.0 Å². The summed E-state index contributed by atoms with van der Waals surface area (Å²) in [6.45, 7) is 2.06. The maximum atomic E-state index is 12.5. The standard InChI is InChI=1S/C23H23O2P.BrH/c1-2-12-22(23(24)25)26(19-13-6-3-7-14-19,20-15-8-4-9-16-20)21-17-10-5-11-18-21;/h3-11,13-18,22H,2,12H2,1H3;1H. The van der Waals surface area contributed by atoms with Gasteiger partial charge in [0.1, 0.15) is 23.2 Å². The SMILES string of the molecule is CCCC(C(=O)O)[P+](c1ccccc1)(c1ccccc1)c1ccccc1.[Br-]. The summed E-state index contributed by atoms with van der Waals surface area (Å²) in [6, 6.07) is 30.6. The molecule has 0 aliphatic rings. The number of hydrogen-bond acceptors (Lipinski definition) is 1. The molecule has 0 bridgehead atoms. The van der Waals surface area contributed by atoms with E-state index in [9.17, 15) is 9.90 Å². The van der Waals surface area contributed by atoms with Gasteiger partial charge in [-0.15, -0.1) is 0 Å². The van der Waals surface area contributed by atoms with Gasteiger partial charge >= 0.3 is 5.97 Å². The van der Waals surface area contributed by atoms with Crippen LogP contribution in [0.25, 0.3) is 0 Å². The zero-order chi connectivity index (χ0) is 18.4. The quantitative estimate of drug-likeness (QED) is 0.559. The van der Waals surface area contributed by atoms with Crippen LogP contribution in [0.2, 0.25) is 0 Å². The van der Waals surface area contributed by atoms with Gasteiger partial charge in [-0.1, -0.05) is 67.9 Å². The second kappa shape index (κ2) is 9.82. The van der Waals surface area contributed by atoms with Crippen molar-refractivity contribution < 1.29 is 26.9 Å². The number of benzene rings is 3. The topological polar surface area (TPSA) is 37.3 Å². The van der Waals surface area contributed by atoms with Crippen LogP contribution in [0, 0.1) is 0 Å². The molecule has 3 aromatic carbocycles. The van der Waals surface area contributed by atoms with E-state index in [2.05, 4.69) is 43.3 Å². The Balaban J connectivity index is 0.00000261. The van der Waals surface area contributed by atoms with Crippen molar-refractivity contribution in [2.45, 2.75) is 25.4 Å². The average molecular weight is 443 g/mol. The van der Waals surface area contributed by atoms with Crippen LogP contribution in [0.5, 0.6) is 0 Å². The van der Waals surface area contributed by atoms with E-state index in [0.29, 0.717) is 6.42 Å². The molecule has 1 N–H and O–H groups in total. The van der Waals surface area contributed by atoms with Gasteiger partial charge in [-0.3, -0.25) is 0 Å². The number of carboxylic acid groups (broad SMARTS) is 1. The molecule has 3 aromatic rings. The first-order chi connectivity index (χ1) is 12.7. The van der Waals surface area contributed by atoms with Gasteiger partial charge in [0.05, 0.1) is 0 Å². The Morgan fingerprint density at radius 1 is 0.778 bits per heavy atom. The Morgan fingerprint density at radius 2 is 1.11 bits per heavy atom. The average Bonchev–Trinajstić information content (AvgIpc) is 2.70. The van der Waals surface area contributed by atoms with Crippen molar-refractivity contribution in [3.63, 3.8) is 0 Å². The first kappa shape index (κ1) is 21.3. The van der Waals surface area contributed by atoms with Crippen LogP contribution in [0.3, 0.4) is 0 Å². The van der Waals surface area contributed by atoms with Crippen molar-refractivity contribution in [3.8, 4) is 0 Å². The second-order valence-electron chi connectivity index (χ2n) is 6.37. The van der Waals surface area contributed by atoms with Crippen LogP contribution in [0.4, 0.5) is 0 Å². The van der Waals surface area contributed by atoms with Crippen molar-refractivity contribution in [2.75, 3.05) is 0 Å². The Bertz CT molecular complexity index is 741. The van der Waals surface area contributed by atoms with E-state index in [1.165, 1.54) is 0 Å². The van der Waals surface area contributed by atoms with E-state index >= 15 is 0 Å². The minimum atomic E-state index is -2.34. The third-order valence-corrected chi connectivity index (χ3v) is 9.56. The highest BCUT2D eigenvalue weighted by Gasteiger charge is 2.55. The van der Waals surface area contributed by atoms with Crippen molar-refractivity contribution in [3.05, 3.63) is 91.0 Å². The maximum absolute atomic E-state index is 12.5. The summed E-state index contributed by atoms with van der Waals surface area (Å²) in [6.07, 6.45) is 1.49. The predicted octanol–water partition coefficient (Wildman–Crippen LogP) is 1.24. The third kappa shape index (κ3) is 4.15. The summed E-state index contributed by atoms with van der Waals surface area (Å²) in [5.41, 5.74) is -0.445. The number of carbonyl (C=O) groups is 1. The largest absolute Gasteiger partial charge is 1.00 e. The van der Waals surface area contributed by atoms with Gasteiger partial charge in [-0.25, -0.2) is 4.79 Å². The highest BCUT2D eigenvalue weighted by molar-refractivity contribution is 7.96. The Labute approximate surface area is 172 Å². The first-order valence-corrected chi connectivity index (χ1v) is 10.9. The lowest BCUT2D eigenvalue weighted by molar-refractivity contribution is -0.136. The van der Waals surface area contributed by atoms with Crippen LogP contribution < -0.4 is 32.9 Å². The van der Waals surface area contributed by atoms with Gasteiger partial charge in [-0.05, 0) is 42.8 Å². The lowest BCUT2D eigenvalue weighted by Gasteiger charge is -2.32. The zero-order valence-electron chi connectivity index (χ0n) is 15.3. The molecule has 0 aliphatic heterocycles. The van der Waals surface area contributed by atoms with Crippen LogP contribution in [0.1, 0.15) is 19.8 Å². The van der Waals surface area contributed by atoms with Crippen LogP contribution in [-0.2, 0) is 4.79 Å². The number of rotatable bonds is 7. The molecule has 0 saturated heterocycles. The van der Waals surface area contributed by atoms with E-state index in [0.717, 1.165) is 22.3 Å². The summed E-state index contributed by atoms with van der Waals surface area (Å²) in [5.74, 6) is -0.711. The molecule has 0 radical (unpaired) electrons. The van der Waals surface area contributed by atoms with Crippen molar-refractivity contribution in [1.82, 2.24) is 0 Å².